The number of carbonyl (C=O) groups is 1. The second-order valence-corrected chi connectivity index (χ2v) is 3.20. The van der Waals surface area contributed by atoms with E-state index in [0.29, 0.717) is 0 Å². The van der Waals surface area contributed by atoms with Crippen LogP contribution in [0, 0.1) is 0 Å². The van der Waals surface area contributed by atoms with Gasteiger partial charge in [-0.3, -0.25) is 0 Å². The second kappa shape index (κ2) is 9.34. The molecule has 4 N–H and O–H groups in total. The van der Waals surface area contributed by atoms with Crippen molar-refractivity contribution in [3.8, 4) is 0 Å². The third kappa shape index (κ3) is 8.42. The van der Waals surface area contributed by atoms with E-state index < -0.39 is 18.4 Å². The average molecular weight is 238 g/mol. The molecule has 0 aliphatic heterocycles. The maximum atomic E-state index is 10.8. The molecule has 96 valence electrons. The molecule has 0 fully saturated rings. The molecule has 0 heterocycles. The highest BCUT2D eigenvalue weighted by Gasteiger charge is 2.08. The number of hydrogen-bond acceptors (Lipinski definition) is 7. The molecule has 0 saturated heterocycles. The molecule has 0 saturated carbocycles. The summed E-state index contributed by atoms with van der Waals surface area (Å²) in [5, 5.41) is 34.7. The lowest BCUT2D eigenvalue weighted by Gasteiger charge is -2.09. The Morgan fingerprint density at radius 3 is 1.62 bits per heavy atom. The highest BCUT2D eigenvalue weighted by atomic mass is 16.7. The molecule has 7 heteroatoms. The molecule has 2 atom stereocenters. The largest absolute Gasteiger partial charge is 0.508 e. The molecule has 0 radical (unpaired) electrons. The Balaban J connectivity index is 3.38. The van der Waals surface area contributed by atoms with Crippen LogP contribution in [0.3, 0.4) is 0 Å². The van der Waals surface area contributed by atoms with Gasteiger partial charge in [0.1, 0.15) is 0 Å². The zero-order valence-corrected chi connectivity index (χ0v) is 8.91. The Hall–Kier alpha value is -0.890. The van der Waals surface area contributed by atoms with Crippen LogP contribution in [-0.4, -0.2) is 65.2 Å². The van der Waals surface area contributed by atoms with Crippen LogP contribution in [0.4, 0.5) is 4.79 Å². The summed E-state index contributed by atoms with van der Waals surface area (Å²) in [5.41, 5.74) is 0. The van der Waals surface area contributed by atoms with E-state index in [1.165, 1.54) is 0 Å². The van der Waals surface area contributed by atoms with Gasteiger partial charge in [0.05, 0.1) is 38.6 Å². The monoisotopic (exact) mass is 238 g/mol. The molecule has 16 heavy (non-hydrogen) atoms. The number of aliphatic hydroxyl groups excluding tert-OH is 4. The van der Waals surface area contributed by atoms with Crippen LogP contribution in [-0.2, 0) is 9.47 Å². The smallest absolute Gasteiger partial charge is 0.434 e. The van der Waals surface area contributed by atoms with E-state index in [9.17, 15) is 4.79 Å². The summed E-state index contributed by atoms with van der Waals surface area (Å²) in [5.74, 6) is 0. The SMILES string of the molecule is O=C(OCC[C@@H](O)CO)OCC[C@@H](O)CO. The van der Waals surface area contributed by atoms with E-state index in [2.05, 4.69) is 9.47 Å². The summed E-state index contributed by atoms with van der Waals surface area (Å²) in [6.45, 7) is -0.881. The minimum absolute atomic E-state index is 0.0525. The summed E-state index contributed by atoms with van der Waals surface area (Å²) >= 11 is 0. The Morgan fingerprint density at radius 2 is 1.31 bits per heavy atom. The predicted molar refractivity (Wildman–Crippen MR) is 52.7 cm³/mol. The van der Waals surface area contributed by atoms with Gasteiger partial charge in [0, 0.05) is 12.8 Å². The van der Waals surface area contributed by atoms with Crippen LogP contribution in [0.5, 0.6) is 0 Å². The van der Waals surface area contributed by atoms with Crippen LogP contribution in [0.25, 0.3) is 0 Å². The fourth-order valence-electron chi connectivity index (χ4n) is 0.781. The zero-order valence-electron chi connectivity index (χ0n) is 8.91. The molecule has 0 aliphatic rings. The Kier molecular flexibility index (Phi) is 8.82. The lowest BCUT2D eigenvalue weighted by molar-refractivity contribution is 0.0192. The van der Waals surface area contributed by atoms with Crippen molar-refractivity contribution in [3.05, 3.63) is 0 Å². The van der Waals surface area contributed by atoms with Gasteiger partial charge in [0.15, 0.2) is 0 Å². The molecule has 0 aromatic rings. The summed E-state index contributed by atoms with van der Waals surface area (Å²) in [4.78, 5) is 10.8. The first-order chi connectivity index (χ1) is 7.60. The van der Waals surface area contributed by atoms with Gasteiger partial charge in [-0.15, -0.1) is 0 Å². The van der Waals surface area contributed by atoms with Gasteiger partial charge >= 0.3 is 6.16 Å². The second-order valence-electron chi connectivity index (χ2n) is 3.20. The molecule has 0 aliphatic carbocycles. The predicted octanol–water partition coefficient (Wildman–Crippen LogP) is -1.37. The number of ether oxygens (including phenoxy) is 2. The fraction of sp³-hybridized carbons (Fsp3) is 0.889. The van der Waals surface area contributed by atoms with Crippen LogP contribution >= 0.6 is 0 Å². The van der Waals surface area contributed by atoms with Crippen molar-refractivity contribution in [1.29, 1.82) is 0 Å². The highest BCUT2D eigenvalue weighted by molar-refractivity contribution is 5.59. The van der Waals surface area contributed by atoms with E-state index in [-0.39, 0.29) is 39.3 Å². The van der Waals surface area contributed by atoms with Crippen molar-refractivity contribution >= 4 is 6.16 Å². The van der Waals surface area contributed by atoms with Gasteiger partial charge < -0.3 is 29.9 Å². The standard InChI is InChI=1S/C9H18O7/c10-5-7(12)1-3-15-9(14)16-4-2-8(13)6-11/h7-8,10-13H,1-6H2/t7-,8-/m1/s1. The summed E-state index contributed by atoms with van der Waals surface area (Å²) < 4.78 is 9.11. The van der Waals surface area contributed by atoms with Crippen LogP contribution in [0.1, 0.15) is 12.8 Å². The van der Waals surface area contributed by atoms with Crippen LogP contribution < -0.4 is 0 Å². The normalized spacial score (nSPS) is 14.2. The molecule has 0 unspecified atom stereocenters. The Bertz CT molecular complexity index is 167. The summed E-state index contributed by atoms with van der Waals surface area (Å²) in [6.07, 6.45) is -2.47. The van der Waals surface area contributed by atoms with Gasteiger partial charge in [-0.25, -0.2) is 4.79 Å². The van der Waals surface area contributed by atoms with E-state index in [0.717, 1.165) is 0 Å². The lowest BCUT2D eigenvalue weighted by Crippen LogP contribution is -2.19. The summed E-state index contributed by atoms with van der Waals surface area (Å²) in [6, 6.07) is 0. The minimum Gasteiger partial charge on any atom is -0.434 e. The number of hydrogen-bond donors (Lipinski definition) is 4. The Labute approximate surface area is 93.2 Å². The molecular weight excluding hydrogens is 220 g/mol. The third-order valence-corrected chi connectivity index (χ3v) is 1.76. The van der Waals surface area contributed by atoms with Crippen molar-refractivity contribution in [2.45, 2.75) is 25.0 Å². The van der Waals surface area contributed by atoms with E-state index in [1.54, 1.807) is 0 Å². The minimum atomic E-state index is -0.913. The van der Waals surface area contributed by atoms with Gasteiger partial charge in [-0.05, 0) is 0 Å². The van der Waals surface area contributed by atoms with Crippen molar-refractivity contribution in [2.75, 3.05) is 26.4 Å². The van der Waals surface area contributed by atoms with E-state index in [1.807, 2.05) is 0 Å². The van der Waals surface area contributed by atoms with Crippen molar-refractivity contribution in [1.82, 2.24) is 0 Å². The molecule has 0 rings (SSSR count). The first kappa shape index (κ1) is 15.1. The van der Waals surface area contributed by atoms with E-state index in [4.69, 9.17) is 20.4 Å². The number of carbonyl (C=O) groups excluding carboxylic acids is 1. The van der Waals surface area contributed by atoms with Crippen LogP contribution in [0.2, 0.25) is 0 Å². The van der Waals surface area contributed by atoms with Crippen molar-refractivity contribution in [3.63, 3.8) is 0 Å². The number of aliphatic hydroxyl groups is 4. The molecular formula is C9H18O7. The molecule has 0 aromatic heterocycles. The van der Waals surface area contributed by atoms with Crippen molar-refractivity contribution < 1.29 is 34.7 Å². The van der Waals surface area contributed by atoms with Crippen molar-refractivity contribution in [2.24, 2.45) is 0 Å². The third-order valence-electron chi connectivity index (χ3n) is 1.76. The molecule has 0 amide bonds. The Morgan fingerprint density at radius 1 is 0.938 bits per heavy atom. The average Bonchev–Trinajstić information content (AvgIpc) is 2.28. The highest BCUT2D eigenvalue weighted by Crippen LogP contribution is 1.96. The maximum absolute atomic E-state index is 10.8. The first-order valence-electron chi connectivity index (χ1n) is 4.97. The quantitative estimate of drug-likeness (QED) is 0.385. The lowest BCUT2D eigenvalue weighted by atomic mass is 10.3. The fourth-order valence-corrected chi connectivity index (χ4v) is 0.781. The van der Waals surface area contributed by atoms with Gasteiger partial charge in [-0.1, -0.05) is 0 Å². The molecule has 7 nitrogen and oxygen atoms in total. The van der Waals surface area contributed by atoms with Gasteiger partial charge in [0.25, 0.3) is 0 Å². The maximum Gasteiger partial charge on any atom is 0.508 e. The molecule has 0 aromatic carbocycles. The van der Waals surface area contributed by atoms with E-state index >= 15 is 0 Å². The number of rotatable bonds is 8. The molecule has 0 spiro atoms. The van der Waals surface area contributed by atoms with Gasteiger partial charge in [0.2, 0.25) is 0 Å². The van der Waals surface area contributed by atoms with Gasteiger partial charge in [-0.2, -0.15) is 0 Å². The first-order valence-corrected chi connectivity index (χ1v) is 4.97. The van der Waals surface area contributed by atoms with Crippen LogP contribution in [0.15, 0.2) is 0 Å². The topological polar surface area (TPSA) is 116 Å². The summed E-state index contributed by atoms with van der Waals surface area (Å²) in [7, 11) is 0. The molecule has 0 bridgehead atoms. The zero-order chi connectivity index (χ0) is 12.4.